The van der Waals surface area contributed by atoms with Crippen molar-refractivity contribution in [1.82, 2.24) is 4.90 Å². The van der Waals surface area contributed by atoms with Gasteiger partial charge < -0.3 is 0 Å². The second-order valence-corrected chi connectivity index (χ2v) is 4.59. The molecule has 2 atom stereocenters. The van der Waals surface area contributed by atoms with Gasteiger partial charge in [0.25, 0.3) is 0 Å². The lowest BCUT2D eigenvalue weighted by Gasteiger charge is -2.38. The molecule has 0 radical (unpaired) electrons. The Kier molecular flexibility index (Phi) is 4.59. The van der Waals surface area contributed by atoms with Crippen LogP contribution in [-0.4, -0.2) is 29.3 Å². The number of piperidine rings is 1. The molecule has 1 rings (SSSR count). The van der Waals surface area contributed by atoms with Crippen molar-refractivity contribution in [2.45, 2.75) is 65.0 Å². The van der Waals surface area contributed by atoms with Gasteiger partial charge in [0.2, 0.25) is 0 Å². The standard InChI is InChI=1S/C12H23NO/c1-4-6-12(14)9-13-10(2)7-5-8-11(13)3/h10-11H,4-9H2,1-3H3. The highest BCUT2D eigenvalue weighted by Gasteiger charge is 2.25. The van der Waals surface area contributed by atoms with Crippen molar-refractivity contribution >= 4 is 5.78 Å². The summed E-state index contributed by atoms with van der Waals surface area (Å²) in [5.41, 5.74) is 0. The van der Waals surface area contributed by atoms with E-state index < -0.39 is 0 Å². The van der Waals surface area contributed by atoms with Gasteiger partial charge in [-0.3, -0.25) is 9.69 Å². The fraction of sp³-hybridized carbons (Fsp3) is 0.917. The maximum absolute atomic E-state index is 11.6. The molecule has 0 spiro atoms. The van der Waals surface area contributed by atoms with E-state index in [4.69, 9.17) is 0 Å². The Morgan fingerprint density at radius 1 is 1.29 bits per heavy atom. The number of Topliss-reactive ketones (excluding diaryl/α,β-unsaturated/α-hetero) is 1. The summed E-state index contributed by atoms with van der Waals surface area (Å²) >= 11 is 0. The zero-order valence-corrected chi connectivity index (χ0v) is 9.75. The van der Waals surface area contributed by atoms with Crippen LogP contribution in [0.5, 0.6) is 0 Å². The molecule has 1 aliphatic heterocycles. The summed E-state index contributed by atoms with van der Waals surface area (Å²) in [6.45, 7) is 7.24. The molecule has 0 aromatic carbocycles. The molecule has 0 amide bonds. The first-order valence-electron chi connectivity index (χ1n) is 5.92. The summed E-state index contributed by atoms with van der Waals surface area (Å²) in [4.78, 5) is 13.9. The second-order valence-electron chi connectivity index (χ2n) is 4.59. The van der Waals surface area contributed by atoms with E-state index in [1.165, 1.54) is 19.3 Å². The highest BCUT2D eigenvalue weighted by molar-refractivity contribution is 5.80. The average molecular weight is 197 g/mol. The SMILES string of the molecule is CCCC(=O)CN1C(C)CCCC1C. The first-order valence-corrected chi connectivity index (χ1v) is 5.92. The molecule has 1 aliphatic rings. The normalized spacial score (nSPS) is 29.1. The van der Waals surface area contributed by atoms with Crippen molar-refractivity contribution in [3.05, 3.63) is 0 Å². The molecule has 1 saturated heterocycles. The lowest BCUT2D eigenvalue weighted by Crippen LogP contribution is -2.46. The van der Waals surface area contributed by atoms with Crippen LogP contribution in [-0.2, 0) is 4.79 Å². The van der Waals surface area contributed by atoms with Crippen molar-refractivity contribution in [2.75, 3.05) is 6.54 Å². The molecular weight excluding hydrogens is 174 g/mol. The van der Waals surface area contributed by atoms with Gasteiger partial charge in [-0.05, 0) is 33.1 Å². The summed E-state index contributed by atoms with van der Waals surface area (Å²) < 4.78 is 0. The van der Waals surface area contributed by atoms with Gasteiger partial charge in [0, 0.05) is 18.5 Å². The van der Waals surface area contributed by atoms with E-state index in [9.17, 15) is 4.79 Å². The van der Waals surface area contributed by atoms with Crippen molar-refractivity contribution in [2.24, 2.45) is 0 Å². The van der Waals surface area contributed by atoms with Gasteiger partial charge in [-0.1, -0.05) is 13.3 Å². The summed E-state index contributed by atoms with van der Waals surface area (Å²) in [5, 5.41) is 0. The molecule has 0 saturated carbocycles. The number of hydrogen-bond acceptors (Lipinski definition) is 2. The van der Waals surface area contributed by atoms with Gasteiger partial charge in [0.15, 0.2) is 0 Å². The number of ketones is 1. The van der Waals surface area contributed by atoms with E-state index in [0.29, 0.717) is 24.4 Å². The third-order valence-corrected chi connectivity index (χ3v) is 3.26. The Balaban J connectivity index is 2.43. The number of carbonyl (C=O) groups excluding carboxylic acids is 1. The van der Waals surface area contributed by atoms with Crippen molar-refractivity contribution in [3.63, 3.8) is 0 Å². The Labute approximate surface area is 87.7 Å². The minimum atomic E-state index is 0.410. The lowest BCUT2D eigenvalue weighted by molar-refractivity contribution is -0.121. The van der Waals surface area contributed by atoms with Gasteiger partial charge in [0.1, 0.15) is 5.78 Å². The van der Waals surface area contributed by atoms with Crippen LogP contribution in [0, 0.1) is 0 Å². The Morgan fingerprint density at radius 3 is 2.36 bits per heavy atom. The molecule has 1 fully saturated rings. The quantitative estimate of drug-likeness (QED) is 0.690. The Hall–Kier alpha value is -0.370. The van der Waals surface area contributed by atoms with E-state index in [-0.39, 0.29) is 0 Å². The van der Waals surface area contributed by atoms with E-state index in [2.05, 4.69) is 25.7 Å². The Bertz CT molecular complexity index is 181. The first kappa shape index (κ1) is 11.7. The van der Waals surface area contributed by atoms with Crippen LogP contribution in [0.1, 0.15) is 52.9 Å². The minimum Gasteiger partial charge on any atom is -0.298 e. The molecular formula is C12H23NO. The van der Waals surface area contributed by atoms with E-state index in [1.807, 2.05) is 0 Å². The fourth-order valence-electron chi connectivity index (χ4n) is 2.35. The van der Waals surface area contributed by atoms with Gasteiger partial charge in [0.05, 0.1) is 6.54 Å². The molecule has 0 aliphatic carbocycles. The van der Waals surface area contributed by atoms with Crippen LogP contribution in [0.15, 0.2) is 0 Å². The molecule has 0 bridgehead atoms. The molecule has 2 nitrogen and oxygen atoms in total. The third kappa shape index (κ3) is 3.09. The third-order valence-electron chi connectivity index (χ3n) is 3.26. The summed E-state index contributed by atoms with van der Waals surface area (Å²) in [5.74, 6) is 0.410. The predicted octanol–water partition coefficient (Wildman–Crippen LogP) is 2.62. The lowest BCUT2D eigenvalue weighted by atomic mass is 9.97. The number of likely N-dealkylation sites (tertiary alicyclic amines) is 1. The summed E-state index contributed by atoms with van der Waals surface area (Å²) in [6.07, 6.45) is 5.56. The van der Waals surface area contributed by atoms with E-state index in [1.54, 1.807) is 0 Å². The van der Waals surface area contributed by atoms with Crippen LogP contribution in [0.4, 0.5) is 0 Å². The maximum Gasteiger partial charge on any atom is 0.146 e. The Morgan fingerprint density at radius 2 is 1.86 bits per heavy atom. The minimum absolute atomic E-state index is 0.410. The van der Waals surface area contributed by atoms with E-state index >= 15 is 0 Å². The van der Waals surface area contributed by atoms with Crippen LogP contribution < -0.4 is 0 Å². The summed E-state index contributed by atoms with van der Waals surface area (Å²) in [6, 6.07) is 1.19. The largest absolute Gasteiger partial charge is 0.298 e. The molecule has 1 heterocycles. The number of carbonyl (C=O) groups is 1. The predicted molar refractivity (Wildman–Crippen MR) is 59.4 cm³/mol. The van der Waals surface area contributed by atoms with Gasteiger partial charge in [-0.2, -0.15) is 0 Å². The van der Waals surface area contributed by atoms with Crippen molar-refractivity contribution in [3.8, 4) is 0 Å². The average Bonchev–Trinajstić information content (AvgIpc) is 2.12. The van der Waals surface area contributed by atoms with Gasteiger partial charge >= 0.3 is 0 Å². The maximum atomic E-state index is 11.6. The smallest absolute Gasteiger partial charge is 0.146 e. The monoisotopic (exact) mass is 197 g/mol. The zero-order chi connectivity index (χ0) is 10.6. The van der Waals surface area contributed by atoms with Crippen molar-refractivity contribution in [1.29, 1.82) is 0 Å². The molecule has 0 aromatic heterocycles. The van der Waals surface area contributed by atoms with Gasteiger partial charge in [-0.25, -0.2) is 0 Å². The topological polar surface area (TPSA) is 20.3 Å². The molecule has 2 unspecified atom stereocenters. The number of nitrogens with zero attached hydrogens (tertiary/aromatic N) is 1. The molecule has 14 heavy (non-hydrogen) atoms. The molecule has 0 N–H and O–H groups in total. The van der Waals surface area contributed by atoms with E-state index in [0.717, 1.165) is 12.8 Å². The first-order chi connectivity index (χ1) is 6.65. The second kappa shape index (κ2) is 5.50. The van der Waals surface area contributed by atoms with Gasteiger partial charge in [-0.15, -0.1) is 0 Å². The van der Waals surface area contributed by atoms with Crippen molar-refractivity contribution < 1.29 is 4.79 Å². The molecule has 2 heteroatoms. The highest BCUT2D eigenvalue weighted by atomic mass is 16.1. The number of hydrogen-bond donors (Lipinski definition) is 0. The molecule has 82 valence electrons. The van der Waals surface area contributed by atoms with Crippen LogP contribution in [0.2, 0.25) is 0 Å². The molecule has 0 aromatic rings. The number of rotatable bonds is 4. The highest BCUT2D eigenvalue weighted by Crippen LogP contribution is 2.22. The zero-order valence-electron chi connectivity index (χ0n) is 9.75. The van der Waals surface area contributed by atoms with Crippen LogP contribution >= 0.6 is 0 Å². The van der Waals surface area contributed by atoms with Crippen LogP contribution in [0.25, 0.3) is 0 Å². The summed E-state index contributed by atoms with van der Waals surface area (Å²) in [7, 11) is 0. The van der Waals surface area contributed by atoms with Crippen LogP contribution in [0.3, 0.4) is 0 Å². The fourth-order valence-corrected chi connectivity index (χ4v) is 2.35.